The maximum atomic E-state index is 13.1. The molecule has 172 valence electrons. The highest BCUT2D eigenvalue weighted by Gasteiger charge is 2.26. The minimum absolute atomic E-state index is 0.0560. The first kappa shape index (κ1) is 23.7. The van der Waals surface area contributed by atoms with Gasteiger partial charge < -0.3 is 24.3 Å². The molecule has 0 heterocycles. The van der Waals surface area contributed by atoms with Crippen LogP contribution in [-0.2, 0) is 9.53 Å². The molecule has 7 heteroatoms. The predicted octanol–water partition coefficient (Wildman–Crippen LogP) is 5.03. The van der Waals surface area contributed by atoms with Crippen molar-refractivity contribution in [3.05, 3.63) is 83.9 Å². The number of rotatable bonds is 9. The standard InChI is InChI=1S/C26H27NO6/c1-17(2)32-22-14-13-19(15-23(22)31-4)26(29)33-24(18-9-6-5-7-10-18)25(28)27-20-11-8-12-21(16-20)30-3/h5-17,24H,1-4H3,(H,27,28). The Hall–Kier alpha value is -4.00. The van der Waals surface area contributed by atoms with Crippen LogP contribution in [0.5, 0.6) is 17.2 Å². The summed E-state index contributed by atoms with van der Waals surface area (Å²) in [7, 11) is 3.03. The molecule has 1 unspecified atom stereocenters. The first-order valence-corrected chi connectivity index (χ1v) is 10.5. The highest BCUT2D eigenvalue weighted by Crippen LogP contribution is 2.30. The zero-order chi connectivity index (χ0) is 23.8. The van der Waals surface area contributed by atoms with Crippen molar-refractivity contribution >= 4 is 17.6 Å². The first-order chi connectivity index (χ1) is 15.9. The molecule has 0 aromatic heterocycles. The summed E-state index contributed by atoms with van der Waals surface area (Å²) in [6, 6.07) is 20.5. The van der Waals surface area contributed by atoms with Gasteiger partial charge in [-0.05, 0) is 44.2 Å². The van der Waals surface area contributed by atoms with E-state index in [-0.39, 0.29) is 11.7 Å². The van der Waals surface area contributed by atoms with E-state index in [9.17, 15) is 9.59 Å². The number of carbonyl (C=O) groups is 2. The van der Waals surface area contributed by atoms with Crippen LogP contribution in [0.4, 0.5) is 5.69 Å². The normalized spacial score (nSPS) is 11.4. The summed E-state index contributed by atoms with van der Waals surface area (Å²) in [6.07, 6.45) is -1.22. The second kappa shape index (κ2) is 11.0. The molecule has 0 saturated carbocycles. The van der Waals surface area contributed by atoms with Gasteiger partial charge in [-0.2, -0.15) is 0 Å². The number of hydrogen-bond donors (Lipinski definition) is 1. The molecule has 0 radical (unpaired) electrons. The topological polar surface area (TPSA) is 83.1 Å². The lowest BCUT2D eigenvalue weighted by Crippen LogP contribution is -2.26. The molecule has 1 N–H and O–H groups in total. The SMILES string of the molecule is COc1cccc(NC(=O)C(OC(=O)c2ccc(OC(C)C)c(OC)c2)c2ccccc2)c1. The van der Waals surface area contributed by atoms with Crippen LogP contribution in [0.3, 0.4) is 0 Å². The van der Waals surface area contributed by atoms with E-state index in [4.69, 9.17) is 18.9 Å². The lowest BCUT2D eigenvalue weighted by Gasteiger charge is -2.19. The van der Waals surface area contributed by atoms with Crippen LogP contribution in [0.15, 0.2) is 72.8 Å². The van der Waals surface area contributed by atoms with Crippen molar-refractivity contribution in [3.63, 3.8) is 0 Å². The fourth-order valence-corrected chi connectivity index (χ4v) is 3.13. The van der Waals surface area contributed by atoms with E-state index in [1.807, 2.05) is 19.9 Å². The fourth-order valence-electron chi connectivity index (χ4n) is 3.13. The average molecular weight is 450 g/mol. The van der Waals surface area contributed by atoms with Crippen LogP contribution in [0.1, 0.15) is 35.9 Å². The van der Waals surface area contributed by atoms with Gasteiger partial charge in [0.25, 0.3) is 5.91 Å². The molecule has 0 aliphatic heterocycles. The summed E-state index contributed by atoms with van der Waals surface area (Å²) in [5.74, 6) is 0.347. The third-order valence-electron chi connectivity index (χ3n) is 4.66. The number of ether oxygens (including phenoxy) is 4. The molecule has 1 atom stereocenters. The molecular formula is C26H27NO6. The summed E-state index contributed by atoms with van der Waals surface area (Å²) < 4.78 is 21.9. The van der Waals surface area contributed by atoms with E-state index >= 15 is 0 Å². The fraction of sp³-hybridized carbons (Fsp3) is 0.231. The van der Waals surface area contributed by atoms with Gasteiger partial charge in [0.15, 0.2) is 11.5 Å². The molecule has 7 nitrogen and oxygen atoms in total. The van der Waals surface area contributed by atoms with Crippen LogP contribution < -0.4 is 19.5 Å². The van der Waals surface area contributed by atoms with Gasteiger partial charge in [-0.25, -0.2) is 4.79 Å². The summed E-state index contributed by atoms with van der Waals surface area (Å²) in [5, 5.41) is 2.78. The lowest BCUT2D eigenvalue weighted by molar-refractivity contribution is -0.125. The van der Waals surface area contributed by atoms with Gasteiger partial charge in [-0.1, -0.05) is 36.4 Å². The second-order valence-corrected chi connectivity index (χ2v) is 7.45. The molecule has 3 rings (SSSR count). The van der Waals surface area contributed by atoms with Gasteiger partial charge in [-0.15, -0.1) is 0 Å². The molecule has 0 saturated heterocycles. The molecular weight excluding hydrogens is 422 g/mol. The average Bonchev–Trinajstić information content (AvgIpc) is 2.82. The highest BCUT2D eigenvalue weighted by atomic mass is 16.5. The number of carbonyl (C=O) groups excluding carboxylic acids is 2. The third-order valence-corrected chi connectivity index (χ3v) is 4.66. The molecule has 0 fully saturated rings. The minimum atomic E-state index is -1.16. The number of amides is 1. The van der Waals surface area contributed by atoms with E-state index in [1.165, 1.54) is 13.2 Å². The van der Waals surface area contributed by atoms with Crippen LogP contribution in [0.25, 0.3) is 0 Å². The Morgan fingerprint density at radius 2 is 1.58 bits per heavy atom. The molecule has 1 amide bonds. The third kappa shape index (κ3) is 6.26. The van der Waals surface area contributed by atoms with Crippen molar-refractivity contribution in [3.8, 4) is 17.2 Å². The molecule has 33 heavy (non-hydrogen) atoms. The van der Waals surface area contributed by atoms with E-state index in [2.05, 4.69) is 5.32 Å². The molecule has 0 aliphatic carbocycles. The molecule has 3 aromatic carbocycles. The van der Waals surface area contributed by atoms with Gasteiger partial charge in [0.2, 0.25) is 6.10 Å². The number of hydrogen-bond acceptors (Lipinski definition) is 6. The lowest BCUT2D eigenvalue weighted by atomic mass is 10.1. The van der Waals surface area contributed by atoms with Crippen molar-refractivity contribution in [1.29, 1.82) is 0 Å². The Morgan fingerprint density at radius 1 is 0.818 bits per heavy atom. The van der Waals surface area contributed by atoms with Crippen LogP contribution in [0.2, 0.25) is 0 Å². The van der Waals surface area contributed by atoms with Crippen molar-refractivity contribution in [1.82, 2.24) is 0 Å². The number of nitrogens with one attached hydrogen (secondary N) is 1. The highest BCUT2D eigenvalue weighted by molar-refractivity contribution is 5.98. The van der Waals surface area contributed by atoms with E-state index in [1.54, 1.807) is 67.8 Å². The maximum Gasteiger partial charge on any atom is 0.339 e. The van der Waals surface area contributed by atoms with Crippen LogP contribution in [0, 0.1) is 0 Å². The van der Waals surface area contributed by atoms with Crippen molar-refractivity contribution < 1.29 is 28.5 Å². The largest absolute Gasteiger partial charge is 0.497 e. The van der Waals surface area contributed by atoms with Crippen molar-refractivity contribution in [2.75, 3.05) is 19.5 Å². The van der Waals surface area contributed by atoms with Gasteiger partial charge in [0.05, 0.1) is 25.9 Å². The Kier molecular flexibility index (Phi) is 7.91. The van der Waals surface area contributed by atoms with Gasteiger partial charge in [-0.3, -0.25) is 4.79 Å². The predicted molar refractivity (Wildman–Crippen MR) is 125 cm³/mol. The number of anilines is 1. The monoisotopic (exact) mass is 449 g/mol. The molecule has 0 aliphatic rings. The maximum absolute atomic E-state index is 13.1. The summed E-state index contributed by atoms with van der Waals surface area (Å²) in [6.45, 7) is 3.79. The van der Waals surface area contributed by atoms with Crippen LogP contribution in [-0.4, -0.2) is 32.2 Å². The summed E-state index contributed by atoms with van der Waals surface area (Å²) in [5.41, 5.74) is 1.30. The van der Waals surface area contributed by atoms with Crippen molar-refractivity contribution in [2.24, 2.45) is 0 Å². The first-order valence-electron chi connectivity index (χ1n) is 10.5. The van der Waals surface area contributed by atoms with Crippen molar-refractivity contribution in [2.45, 2.75) is 26.1 Å². The summed E-state index contributed by atoms with van der Waals surface area (Å²) in [4.78, 5) is 26.1. The van der Waals surface area contributed by atoms with E-state index in [0.717, 1.165) is 0 Å². The Balaban J connectivity index is 1.84. The Morgan fingerprint density at radius 3 is 2.24 bits per heavy atom. The zero-order valence-electron chi connectivity index (χ0n) is 19.0. The Labute approximate surface area is 193 Å². The smallest absolute Gasteiger partial charge is 0.339 e. The second-order valence-electron chi connectivity index (χ2n) is 7.45. The van der Waals surface area contributed by atoms with Gasteiger partial charge >= 0.3 is 5.97 Å². The molecule has 3 aromatic rings. The molecule has 0 spiro atoms. The van der Waals surface area contributed by atoms with Gasteiger partial charge in [0, 0.05) is 17.3 Å². The Bertz CT molecular complexity index is 1100. The summed E-state index contributed by atoms with van der Waals surface area (Å²) >= 11 is 0. The minimum Gasteiger partial charge on any atom is -0.497 e. The van der Waals surface area contributed by atoms with Gasteiger partial charge in [0.1, 0.15) is 5.75 Å². The van der Waals surface area contributed by atoms with E-state index in [0.29, 0.717) is 28.5 Å². The quantitative estimate of drug-likeness (QED) is 0.462. The molecule has 0 bridgehead atoms. The zero-order valence-corrected chi connectivity index (χ0v) is 19.0. The number of benzene rings is 3. The van der Waals surface area contributed by atoms with Crippen LogP contribution >= 0.6 is 0 Å². The van der Waals surface area contributed by atoms with E-state index < -0.39 is 18.0 Å². The number of methoxy groups -OCH3 is 2. The number of esters is 1.